The average molecular weight is 522 g/mol. The molecule has 10 heteroatoms. The number of amides is 1. The summed E-state index contributed by atoms with van der Waals surface area (Å²) >= 11 is 5.95. The lowest BCUT2D eigenvalue weighted by Gasteiger charge is -2.14. The molecular weight excluding hydrogens is 503 g/mol. The molecule has 0 bridgehead atoms. The van der Waals surface area contributed by atoms with Gasteiger partial charge in [-0.1, -0.05) is 35.9 Å². The Hall–Kier alpha value is -4.37. The second kappa shape index (κ2) is 9.59. The molecule has 0 spiro atoms. The molecule has 0 atom stereocenters. The molecule has 0 aliphatic rings. The fraction of sp³-hybridized carbons (Fsp3) is 0.0741. The number of nitrogens with one attached hydrogen (secondary N) is 2. The molecule has 6 nitrogen and oxygen atoms in total. The highest BCUT2D eigenvalue weighted by molar-refractivity contribution is 6.30. The van der Waals surface area contributed by atoms with Crippen LogP contribution in [0.5, 0.6) is 0 Å². The van der Waals surface area contributed by atoms with Gasteiger partial charge < -0.3 is 10.6 Å². The zero-order valence-electron chi connectivity index (χ0n) is 19.3. The molecule has 0 unspecified atom stereocenters. The van der Waals surface area contributed by atoms with Gasteiger partial charge in [0.15, 0.2) is 0 Å². The van der Waals surface area contributed by atoms with Crippen LogP contribution < -0.4 is 10.6 Å². The molecule has 0 aliphatic carbocycles. The Morgan fingerprint density at radius 3 is 2.43 bits per heavy atom. The highest BCUT2D eigenvalue weighted by Crippen LogP contribution is 2.34. The fourth-order valence-electron chi connectivity index (χ4n) is 3.93. The summed E-state index contributed by atoms with van der Waals surface area (Å²) in [5.74, 6) is -0.372. The van der Waals surface area contributed by atoms with E-state index in [2.05, 4.69) is 20.7 Å². The number of aromatic nitrogens is 3. The quantitative estimate of drug-likeness (QED) is 0.253. The average Bonchev–Trinajstić information content (AvgIpc) is 3.25. The molecule has 0 radical (unpaired) electrons. The number of hydrogen-bond donors (Lipinski definition) is 2. The molecule has 186 valence electrons. The van der Waals surface area contributed by atoms with Crippen LogP contribution in [0.3, 0.4) is 0 Å². The number of carbonyl (C=O) groups excluding carboxylic acids is 1. The maximum absolute atomic E-state index is 13.4. The number of halogens is 4. The maximum atomic E-state index is 13.4. The molecule has 0 aliphatic heterocycles. The number of anilines is 3. The van der Waals surface area contributed by atoms with E-state index in [0.29, 0.717) is 33.0 Å². The summed E-state index contributed by atoms with van der Waals surface area (Å²) in [6.45, 7) is 1.78. The number of carbonyl (C=O) groups is 1. The molecule has 0 saturated carbocycles. The van der Waals surface area contributed by atoms with E-state index in [1.54, 1.807) is 78.3 Å². The van der Waals surface area contributed by atoms with Crippen molar-refractivity contribution >= 4 is 45.5 Å². The van der Waals surface area contributed by atoms with Crippen molar-refractivity contribution < 1.29 is 18.0 Å². The van der Waals surface area contributed by atoms with Crippen LogP contribution >= 0.6 is 11.6 Å². The summed E-state index contributed by atoms with van der Waals surface area (Å²) in [6.07, 6.45) is -3.12. The number of alkyl halides is 3. The van der Waals surface area contributed by atoms with Crippen molar-refractivity contribution in [1.82, 2.24) is 14.8 Å². The van der Waals surface area contributed by atoms with E-state index >= 15 is 0 Å². The van der Waals surface area contributed by atoms with Crippen LogP contribution in [0.4, 0.5) is 30.2 Å². The van der Waals surface area contributed by atoms with Crippen LogP contribution in [0.2, 0.25) is 5.02 Å². The highest BCUT2D eigenvalue weighted by atomic mass is 35.5. The number of rotatable bonds is 5. The second-order valence-corrected chi connectivity index (χ2v) is 8.70. The van der Waals surface area contributed by atoms with Crippen LogP contribution in [0.1, 0.15) is 21.7 Å². The zero-order valence-corrected chi connectivity index (χ0v) is 20.1. The minimum Gasteiger partial charge on any atom is -0.355 e. The Morgan fingerprint density at radius 1 is 0.946 bits per heavy atom. The number of fused-ring (bicyclic) bond motifs is 1. The van der Waals surface area contributed by atoms with E-state index in [9.17, 15) is 18.0 Å². The van der Waals surface area contributed by atoms with Crippen molar-refractivity contribution in [2.24, 2.45) is 0 Å². The van der Waals surface area contributed by atoms with Gasteiger partial charge in [-0.3, -0.25) is 4.79 Å². The van der Waals surface area contributed by atoms with Gasteiger partial charge in [0.1, 0.15) is 5.69 Å². The first-order chi connectivity index (χ1) is 17.7. The van der Waals surface area contributed by atoms with E-state index in [1.807, 2.05) is 0 Å². The molecule has 3 aromatic carbocycles. The Kier molecular flexibility index (Phi) is 6.31. The van der Waals surface area contributed by atoms with E-state index < -0.39 is 11.9 Å². The van der Waals surface area contributed by atoms with Crippen LogP contribution in [0.15, 0.2) is 85.1 Å². The minimum absolute atomic E-state index is 0.220. The monoisotopic (exact) mass is 521 g/mol. The normalized spacial score (nSPS) is 11.5. The summed E-state index contributed by atoms with van der Waals surface area (Å²) in [5, 5.41) is 11.3. The fourth-order valence-corrected chi connectivity index (χ4v) is 4.05. The highest BCUT2D eigenvalue weighted by Gasteiger charge is 2.33. The van der Waals surface area contributed by atoms with Gasteiger partial charge in [0.2, 0.25) is 0 Å². The summed E-state index contributed by atoms with van der Waals surface area (Å²) in [6, 6.07) is 21.3. The largest absolute Gasteiger partial charge is 0.433 e. The lowest BCUT2D eigenvalue weighted by atomic mass is 10.1. The lowest BCUT2D eigenvalue weighted by molar-refractivity contribution is -0.140. The van der Waals surface area contributed by atoms with Gasteiger partial charge in [0, 0.05) is 21.8 Å². The number of nitrogens with zero attached hydrogens (tertiary/aromatic N) is 3. The van der Waals surface area contributed by atoms with Gasteiger partial charge in [-0.25, -0.2) is 9.67 Å². The third kappa shape index (κ3) is 5.12. The predicted octanol–water partition coefficient (Wildman–Crippen LogP) is 7.40. The molecule has 0 saturated heterocycles. The van der Waals surface area contributed by atoms with Crippen LogP contribution in [-0.2, 0) is 6.18 Å². The first kappa shape index (κ1) is 24.3. The first-order valence-electron chi connectivity index (χ1n) is 11.1. The Labute approximate surface area is 214 Å². The van der Waals surface area contributed by atoms with Crippen molar-refractivity contribution in [3.8, 4) is 5.69 Å². The van der Waals surface area contributed by atoms with Gasteiger partial charge in [-0.2, -0.15) is 18.3 Å². The maximum Gasteiger partial charge on any atom is 0.433 e. The van der Waals surface area contributed by atoms with Gasteiger partial charge in [-0.05, 0) is 61.5 Å². The molecule has 2 heterocycles. The molecule has 0 fully saturated rings. The number of pyridine rings is 1. The summed E-state index contributed by atoms with van der Waals surface area (Å²) in [4.78, 5) is 16.7. The van der Waals surface area contributed by atoms with E-state index in [-0.39, 0.29) is 17.1 Å². The summed E-state index contributed by atoms with van der Waals surface area (Å²) in [7, 11) is 0. The van der Waals surface area contributed by atoms with Gasteiger partial charge in [-0.15, -0.1) is 0 Å². The number of benzene rings is 3. The molecule has 5 aromatic rings. The van der Waals surface area contributed by atoms with E-state index in [1.165, 1.54) is 12.3 Å². The standard InChI is InChI=1S/C27H19ClF3N5O/c1-16-22(15-32-36(16)20-11-9-17(28)10-12-20)26(37)34-19-6-4-5-18(13-19)33-24-14-25(27(29,30)31)35-23-8-3-2-7-21(23)24/h2-15H,1H3,(H,33,35)(H,34,37). The molecule has 2 N–H and O–H groups in total. The molecule has 5 rings (SSSR count). The van der Waals surface area contributed by atoms with Crippen molar-refractivity contribution in [2.75, 3.05) is 10.6 Å². The predicted molar refractivity (Wildman–Crippen MR) is 138 cm³/mol. The van der Waals surface area contributed by atoms with E-state index in [4.69, 9.17) is 11.6 Å². The second-order valence-electron chi connectivity index (χ2n) is 8.26. The van der Waals surface area contributed by atoms with Crippen molar-refractivity contribution in [2.45, 2.75) is 13.1 Å². The Balaban J connectivity index is 1.39. The number of para-hydroxylation sites is 1. The molecule has 1 amide bonds. The number of hydrogen-bond acceptors (Lipinski definition) is 4. The lowest BCUT2D eigenvalue weighted by Crippen LogP contribution is -2.13. The van der Waals surface area contributed by atoms with Crippen LogP contribution in [0, 0.1) is 6.92 Å². The van der Waals surface area contributed by atoms with Crippen LogP contribution in [0.25, 0.3) is 16.6 Å². The topological polar surface area (TPSA) is 71.8 Å². The van der Waals surface area contributed by atoms with Gasteiger partial charge in [0.05, 0.1) is 34.3 Å². The Morgan fingerprint density at radius 2 is 1.68 bits per heavy atom. The van der Waals surface area contributed by atoms with Gasteiger partial charge >= 0.3 is 6.18 Å². The third-order valence-electron chi connectivity index (χ3n) is 5.73. The SMILES string of the molecule is Cc1c(C(=O)Nc2cccc(Nc3cc(C(F)(F)F)nc4ccccc34)c2)cnn1-c1ccc(Cl)cc1. The summed E-state index contributed by atoms with van der Waals surface area (Å²) < 4.78 is 41.9. The van der Waals surface area contributed by atoms with Crippen LogP contribution in [-0.4, -0.2) is 20.7 Å². The van der Waals surface area contributed by atoms with Gasteiger partial charge in [0.25, 0.3) is 5.91 Å². The Bertz CT molecular complexity index is 1610. The first-order valence-corrected chi connectivity index (χ1v) is 11.5. The molecular formula is C27H19ClF3N5O. The summed E-state index contributed by atoms with van der Waals surface area (Å²) in [5.41, 5.74) is 2.21. The van der Waals surface area contributed by atoms with Crippen molar-refractivity contribution in [1.29, 1.82) is 0 Å². The smallest absolute Gasteiger partial charge is 0.355 e. The van der Waals surface area contributed by atoms with Crippen molar-refractivity contribution in [3.05, 3.63) is 107 Å². The molecule has 2 aromatic heterocycles. The zero-order chi connectivity index (χ0) is 26.2. The van der Waals surface area contributed by atoms with E-state index in [0.717, 1.165) is 11.8 Å². The van der Waals surface area contributed by atoms with Crippen molar-refractivity contribution in [3.63, 3.8) is 0 Å². The minimum atomic E-state index is -4.59. The molecule has 37 heavy (non-hydrogen) atoms. The third-order valence-corrected chi connectivity index (χ3v) is 5.98.